The predicted octanol–water partition coefficient (Wildman–Crippen LogP) is 6.54. The van der Waals surface area contributed by atoms with Crippen molar-refractivity contribution in [2.45, 2.75) is 70.5 Å². The smallest absolute Gasteiger partial charge is 0.261 e. The number of hydrogen-bond acceptors (Lipinski definition) is 3. The first kappa shape index (κ1) is 27.7. The fraction of sp³-hybridized carbons (Fsp3) is 0.375. The number of ether oxygens (including phenoxy) is 1. The molecule has 1 saturated carbocycles. The van der Waals surface area contributed by atoms with Crippen LogP contribution in [0.2, 0.25) is 5.02 Å². The van der Waals surface area contributed by atoms with Crippen molar-refractivity contribution in [1.82, 2.24) is 10.2 Å². The Hall–Kier alpha value is -3.31. The molecular formula is C32H37ClN2O3. The molecule has 6 heteroatoms. The van der Waals surface area contributed by atoms with Gasteiger partial charge >= 0.3 is 0 Å². The Morgan fingerprint density at radius 1 is 0.921 bits per heavy atom. The van der Waals surface area contributed by atoms with E-state index in [1.165, 1.54) is 5.56 Å². The molecule has 0 heterocycles. The number of amides is 2. The second kappa shape index (κ2) is 13.5. The number of benzene rings is 3. The standard InChI is InChI=1S/C32H37ClN2O3/c1-23(2)26-14-18-29(19-15-26)38-22-31(36)35(21-25-12-16-27(33)17-13-25)30(20-24-8-4-3-5-9-24)32(37)34-28-10-6-7-11-28/h3-5,8-9,12-19,23,28,30H,6-7,10-11,20-22H2,1-2H3,(H,34,37)/t30-/m1/s1. The van der Waals surface area contributed by atoms with Gasteiger partial charge < -0.3 is 15.0 Å². The Bertz CT molecular complexity index is 1170. The van der Waals surface area contributed by atoms with Crippen molar-refractivity contribution in [3.63, 3.8) is 0 Å². The lowest BCUT2D eigenvalue weighted by atomic mass is 10.0. The van der Waals surface area contributed by atoms with E-state index in [0.717, 1.165) is 36.8 Å². The maximum atomic E-state index is 13.7. The molecule has 200 valence electrons. The van der Waals surface area contributed by atoms with Crippen LogP contribution in [0.5, 0.6) is 5.75 Å². The number of rotatable bonds is 11. The van der Waals surface area contributed by atoms with Gasteiger partial charge in [-0.1, -0.05) is 92.9 Å². The molecule has 1 aliphatic rings. The van der Waals surface area contributed by atoms with E-state index < -0.39 is 6.04 Å². The van der Waals surface area contributed by atoms with Gasteiger partial charge in [-0.3, -0.25) is 9.59 Å². The Balaban J connectivity index is 1.58. The average molecular weight is 533 g/mol. The molecule has 0 aromatic heterocycles. The van der Waals surface area contributed by atoms with Gasteiger partial charge in [-0.2, -0.15) is 0 Å². The quantitative estimate of drug-likeness (QED) is 0.305. The summed E-state index contributed by atoms with van der Waals surface area (Å²) in [5, 5.41) is 3.85. The van der Waals surface area contributed by atoms with E-state index in [9.17, 15) is 9.59 Å². The van der Waals surface area contributed by atoms with Crippen LogP contribution in [-0.2, 0) is 22.6 Å². The second-order valence-electron chi connectivity index (χ2n) is 10.4. The summed E-state index contributed by atoms with van der Waals surface area (Å²) < 4.78 is 5.91. The molecule has 1 atom stereocenters. The molecule has 5 nitrogen and oxygen atoms in total. The van der Waals surface area contributed by atoms with E-state index in [1.54, 1.807) is 17.0 Å². The van der Waals surface area contributed by atoms with E-state index in [0.29, 0.717) is 23.1 Å². The van der Waals surface area contributed by atoms with Gasteiger partial charge in [0.05, 0.1) is 0 Å². The number of halogens is 1. The molecule has 38 heavy (non-hydrogen) atoms. The molecule has 1 aliphatic carbocycles. The van der Waals surface area contributed by atoms with Crippen LogP contribution in [0.4, 0.5) is 0 Å². The molecule has 0 unspecified atom stereocenters. The van der Waals surface area contributed by atoms with Gasteiger partial charge in [0.2, 0.25) is 5.91 Å². The number of nitrogens with one attached hydrogen (secondary N) is 1. The molecule has 3 aromatic carbocycles. The van der Waals surface area contributed by atoms with E-state index in [2.05, 4.69) is 19.2 Å². The highest BCUT2D eigenvalue weighted by molar-refractivity contribution is 6.30. The van der Waals surface area contributed by atoms with Crippen LogP contribution in [-0.4, -0.2) is 35.4 Å². The molecule has 0 saturated heterocycles. The number of carbonyl (C=O) groups excluding carboxylic acids is 2. The first-order chi connectivity index (χ1) is 18.4. The number of hydrogen-bond donors (Lipinski definition) is 1. The molecule has 1 fully saturated rings. The van der Waals surface area contributed by atoms with Gasteiger partial charge in [0, 0.05) is 24.0 Å². The fourth-order valence-corrected chi connectivity index (χ4v) is 5.01. The van der Waals surface area contributed by atoms with Gasteiger partial charge in [-0.25, -0.2) is 0 Å². The summed E-state index contributed by atoms with van der Waals surface area (Å²) in [6, 6.07) is 24.5. The van der Waals surface area contributed by atoms with Gasteiger partial charge in [-0.15, -0.1) is 0 Å². The summed E-state index contributed by atoms with van der Waals surface area (Å²) in [7, 11) is 0. The van der Waals surface area contributed by atoms with Crippen LogP contribution < -0.4 is 10.1 Å². The van der Waals surface area contributed by atoms with Crippen LogP contribution in [0.1, 0.15) is 62.1 Å². The molecule has 0 radical (unpaired) electrons. The minimum absolute atomic E-state index is 0.121. The Kier molecular flexibility index (Phi) is 9.83. The maximum absolute atomic E-state index is 13.7. The van der Waals surface area contributed by atoms with E-state index in [1.807, 2.05) is 66.7 Å². The first-order valence-electron chi connectivity index (χ1n) is 13.5. The zero-order chi connectivity index (χ0) is 26.9. The highest BCUT2D eigenvalue weighted by Gasteiger charge is 2.32. The lowest BCUT2D eigenvalue weighted by molar-refractivity contribution is -0.143. The van der Waals surface area contributed by atoms with Crippen LogP contribution in [0.3, 0.4) is 0 Å². The lowest BCUT2D eigenvalue weighted by Crippen LogP contribution is -2.53. The third kappa shape index (κ3) is 7.84. The van der Waals surface area contributed by atoms with E-state index in [-0.39, 0.29) is 31.0 Å². The lowest BCUT2D eigenvalue weighted by Gasteiger charge is -2.32. The maximum Gasteiger partial charge on any atom is 0.261 e. The predicted molar refractivity (Wildman–Crippen MR) is 152 cm³/mol. The second-order valence-corrected chi connectivity index (χ2v) is 10.8. The molecular weight excluding hydrogens is 496 g/mol. The summed E-state index contributed by atoms with van der Waals surface area (Å²) >= 11 is 6.11. The van der Waals surface area contributed by atoms with E-state index in [4.69, 9.17) is 16.3 Å². The van der Waals surface area contributed by atoms with Gasteiger partial charge in [0.15, 0.2) is 6.61 Å². The number of carbonyl (C=O) groups is 2. The third-order valence-corrected chi connectivity index (χ3v) is 7.40. The van der Waals surface area contributed by atoms with Crippen molar-refractivity contribution in [2.75, 3.05) is 6.61 Å². The van der Waals surface area contributed by atoms with Gasteiger partial charge in [0.1, 0.15) is 11.8 Å². The molecule has 0 spiro atoms. The van der Waals surface area contributed by atoms with Crippen LogP contribution >= 0.6 is 11.6 Å². The van der Waals surface area contributed by atoms with Crippen LogP contribution in [0.15, 0.2) is 78.9 Å². The summed E-state index contributed by atoms with van der Waals surface area (Å²) in [4.78, 5) is 29.1. The normalized spacial score (nSPS) is 14.3. The Morgan fingerprint density at radius 3 is 2.21 bits per heavy atom. The molecule has 2 amide bonds. The summed E-state index contributed by atoms with van der Waals surface area (Å²) in [5.41, 5.74) is 3.11. The minimum atomic E-state index is -0.673. The van der Waals surface area contributed by atoms with Crippen LogP contribution in [0, 0.1) is 0 Å². The first-order valence-corrected chi connectivity index (χ1v) is 13.9. The van der Waals surface area contributed by atoms with Crippen molar-refractivity contribution in [2.24, 2.45) is 0 Å². The van der Waals surface area contributed by atoms with Crippen LogP contribution in [0.25, 0.3) is 0 Å². The fourth-order valence-electron chi connectivity index (χ4n) is 4.88. The topological polar surface area (TPSA) is 58.6 Å². The van der Waals surface area contributed by atoms with Crippen molar-refractivity contribution in [3.05, 3.63) is 101 Å². The molecule has 3 aromatic rings. The molecule has 0 bridgehead atoms. The zero-order valence-corrected chi connectivity index (χ0v) is 23.0. The summed E-state index contributed by atoms with van der Waals surface area (Å²) in [6.45, 7) is 4.40. The van der Waals surface area contributed by atoms with Crippen molar-refractivity contribution in [1.29, 1.82) is 0 Å². The summed E-state index contributed by atoms with van der Waals surface area (Å²) in [6.07, 6.45) is 4.60. The highest BCUT2D eigenvalue weighted by atomic mass is 35.5. The molecule has 4 rings (SSSR count). The van der Waals surface area contributed by atoms with Crippen molar-refractivity contribution in [3.8, 4) is 5.75 Å². The number of nitrogens with zero attached hydrogens (tertiary/aromatic N) is 1. The Labute approximate surface area is 231 Å². The summed E-state index contributed by atoms with van der Waals surface area (Å²) in [5.74, 6) is 0.682. The van der Waals surface area contributed by atoms with Gasteiger partial charge in [0.25, 0.3) is 5.91 Å². The zero-order valence-electron chi connectivity index (χ0n) is 22.2. The van der Waals surface area contributed by atoms with E-state index >= 15 is 0 Å². The highest BCUT2D eigenvalue weighted by Crippen LogP contribution is 2.22. The van der Waals surface area contributed by atoms with Crippen molar-refractivity contribution >= 4 is 23.4 Å². The van der Waals surface area contributed by atoms with Gasteiger partial charge in [-0.05, 0) is 59.7 Å². The third-order valence-electron chi connectivity index (χ3n) is 7.15. The Morgan fingerprint density at radius 2 is 1.58 bits per heavy atom. The molecule has 0 aliphatic heterocycles. The SMILES string of the molecule is CC(C)c1ccc(OCC(=O)N(Cc2ccc(Cl)cc2)[C@H](Cc2ccccc2)C(=O)NC2CCCC2)cc1. The average Bonchev–Trinajstić information content (AvgIpc) is 3.44. The molecule has 1 N–H and O–H groups in total. The largest absolute Gasteiger partial charge is 0.484 e. The minimum Gasteiger partial charge on any atom is -0.484 e. The monoisotopic (exact) mass is 532 g/mol. The van der Waals surface area contributed by atoms with Crippen molar-refractivity contribution < 1.29 is 14.3 Å².